The minimum Gasteiger partial charge on any atom is -0.382 e. The number of hydrogen-bond donors (Lipinski definition) is 1. The van der Waals surface area contributed by atoms with E-state index < -0.39 is 9.21 Å². The Morgan fingerprint density at radius 1 is 0.909 bits per heavy atom. The molecule has 4 rings (SSSR count). The number of anilines is 1. The van der Waals surface area contributed by atoms with Crippen molar-refractivity contribution in [3.05, 3.63) is 66.4 Å². The van der Waals surface area contributed by atoms with Crippen molar-refractivity contribution < 1.29 is 4.52 Å². The lowest BCUT2D eigenvalue weighted by atomic mass is 10.1. The van der Waals surface area contributed by atoms with Crippen LogP contribution in [0.4, 0.5) is 5.82 Å². The van der Waals surface area contributed by atoms with Gasteiger partial charge < -0.3 is 10.3 Å². The van der Waals surface area contributed by atoms with Crippen molar-refractivity contribution in [2.24, 2.45) is 0 Å². The predicted octanol–water partition coefficient (Wildman–Crippen LogP) is 6.82. The number of nitrogen functional groups attached to an aromatic ring is 1. The number of aromatic nitrogens is 3. The molecule has 2 aromatic carbocycles. The largest absolute Gasteiger partial charge is 0.382 e. The number of rotatable bonds is 5. The highest BCUT2D eigenvalue weighted by Gasteiger charge is 2.16. The Bertz CT molecular complexity index is 1320. The van der Waals surface area contributed by atoms with E-state index in [9.17, 15) is 0 Å². The molecular formula is C27H32N4OS. The van der Waals surface area contributed by atoms with Crippen LogP contribution in [0.1, 0.15) is 33.3 Å². The molecule has 2 N–H and O–H groups in total. The number of hydrogen-bond acceptors (Lipinski definition) is 5. The van der Waals surface area contributed by atoms with E-state index in [0.29, 0.717) is 28.2 Å². The highest BCUT2D eigenvalue weighted by molar-refractivity contribution is 8.28. The van der Waals surface area contributed by atoms with Crippen LogP contribution in [0, 0.1) is 6.92 Å². The molecule has 0 saturated carbocycles. The summed E-state index contributed by atoms with van der Waals surface area (Å²) in [6, 6.07) is 18.1. The summed E-state index contributed by atoms with van der Waals surface area (Å²) in [5.74, 6) is 9.48. The molecule has 0 atom stereocenters. The molecule has 0 spiro atoms. The molecule has 0 radical (unpaired) electrons. The van der Waals surface area contributed by atoms with Gasteiger partial charge >= 0.3 is 0 Å². The molecule has 172 valence electrons. The lowest BCUT2D eigenvalue weighted by Gasteiger charge is -2.19. The molecule has 0 saturated heterocycles. The second-order valence-electron chi connectivity index (χ2n) is 7.95. The molecule has 33 heavy (non-hydrogen) atoms. The van der Waals surface area contributed by atoms with Gasteiger partial charge in [-0.05, 0) is 29.2 Å². The zero-order valence-electron chi connectivity index (χ0n) is 20.0. The predicted molar refractivity (Wildman–Crippen MR) is 144 cm³/mol. The molecule has 0 unspecified atom stereocenters. The number of nitrogens with zero attached hydrogens (tertiary/aromatic N) is 3. The van der Waals surface area contributed by atoms with E-state index >= 15 is 0 Å². The van der Waals surface area contributed by atoms with Gasteiger partial charge in [-0.3, -0.25) is 0 Å². The van der Waals surface area contributed by atoms with Crippen LogP contribution < -0.4 is 5.73 Å². The first-order valence-corrected chi connectivity index (χ1v) is 13.0. The van der Waals surface area contributed by atoms with Gasteiger partial charge in [0.1, 0.15) is 5.69 Å². The van der Waals surface area contributed by atoms with Crippen LogP contribution in [-0.2, 0) is 0 Å². The maximum atomic E-state index is 6.11. The Morgan fingerprint density at radius 2 is 1.48 bits per heavy atom. The lowest BCUT2D eigenvalue weighted by Crippen LogP contribution is -1.99. The van der Waals surface area contributed by atoms with Gasteiger partial charge in [0.25, 0.3) is 0 Å². The van der Waals surface area contributed by atoms with E-state index in [1.807, 2.05) is 63.2 Å². The summed E-state index contributed by atoms with van der Waals surface area (Å²) in [6.07, 6.45) is 1.67. The number of nitrogens with two attached hydrogens (primary N) is 1. The van der Waals surface area contributed by atoms with Gasteiger partial charge in [0.2, 0.25) is 0 Å². The second kappa shape index (κ2) is 10.0. The average Bonchev–Trinajstić information content (AvgIpc) is 3.31. The van der Waals surface area contributed by atoms with E-state index in [2.05, 4.69) is 47.9 Å². The summed E-state index contributed by atoms with van der Waals surface area (Å²) in [6.45, 7) is 10.4. The molecular weight excluding hydrogens is 428 g/mol. The Labute approximate surface area is 197 Å². The normalized spacial score (nSPS) is 11.2. The molecule has 0 fully saturated rings. The van der Waals surface area contributed by atoms with E-state index in [1.54, 1.807) is 6.20 Å². The van der Waals surface area contributed by atoms with Gasteiger partial charge in [-0.25, -0.2) is 9.97 Å². The monoisotopic (exact) mass is 460 g/mol. The van der Waals surface area contributed by atoms with Crippen molar-refractivity contribution in [1.29, 1.82) is 0 Å². The molecule has 0 aliphatic heterocycles. The van der Waals surface area contributed by atoms with Gasteiger partial charge in [0.05, 0.1) is 11.9 Å². The molecule has 6 heteroatoms. The Morgan fingerprint density at radius 3 is 2.09 bits per heavy atom. The van der Waals surface area contributed by atoms with Gasteiger partial charge in [-0.2, -0.15) is 9.21 Å². The highest BCUT2D eigenvalue weighted by Crippen LogP contribution is 2.37. The summed E-state index contributed by atoms with van der Waals surface area (Å²) in [7, 11) is -1.34. The van der Waals surface area contributed by atoms with E-state index in [-0.39, 0.29) is 0 Å². The fraction of sp³-hybridized carbons (Fsp3) is 0.222. The van der Waals surface area contributed by atoms with Crippen LogP contribution in [0.25, 0.3) is 34.0 Å². The number of aryl methyl sites for hydroxylation is 1. The third-order valence-corrected chi connectivity index (χ3v) is 8.43. The van der Waals surface area contributed by atoms with Crippen molar-refractivity contribution in [3.63, 3.8) is 0 Å². The molecule has 5 nitrogen and oxygen atoms in total. The minimum atomic E-state index is -1.34. The van der Waals surface area contributed by atoms with Crippen molar-refractivity contribution in [2.45, 2.75) is 44.8 Å². The standard InChI is InChI=1S/C25H26N4OS.C2H6/c1-16(2)31(4,5)20-12-10-19(11-13-20)22-15-27-25(26)24(28-22)23-14-21(29-30-23)18-8-6-17(3)7-9-18;1-2/h6-16H,4-5H2,1-3H3,(H2,26,27);1-2H3. The lowest BCUT2D eigenvalue weighted by molar-refractivity contribution is 0.434. The van der Waals surface area contributed by atoms with Crippen LogP contribution in [0.3, 0.4) is 0 Å². The molecule has 0 amide bonds. The third kappa shape index (κ3) is 5.17. The summed E-state index contributed by atoms with van der Waals surface area (Å²) in [5, 5.41) is 4.58. The average molecular weight is 461 g/mol. The van der Waals surface area contributed by atoms with Gasteiger partial charge in [0, 0.05) is 17.2 Å². The van der Waals surface area contributed by atoms with E-state index in [0.717, 1.165) is 21.7 Å². The summed E-state index contributed by atoms with van der Waals surface area (Å²) >= 11 is 0. The number of benzene rings is 2. The molecule has 0 aliphatic carbocycles. The topological polar surface area (TPSA) is 77.8 Å². The van der Waals surface area contributed by atoms with E-state index in [4.69, 9.17) is 15.2 Å². The van der Waals surface area contributed by atoms with Crippen LogP contribution in [0.5, 0.6) is 0 Å². The molecule has 0 aliphatic rings. The van der Waals surface area contributed by atoms with Crippen molar-refractivity contribution in [1.82, 2.24) is 15.1 Å². The fourth-order valence-corrected chi connectivity index (χ4v) is 4.36. The highest BCUT2D eigenvalue weighted by atomic mass is 32.2. The first kappa shape index (κ1) is 24.3. The zero-order chi connectivity index (χ0) is 24.2. The third-order valence-electron chi connectivity index (χ3n) is 5.41. The van der Waals surface area contributed by atoms with Crippen LogP contribution in [-0.4, -0.2) is 32.1 Å². The smallest absolute Gasteiger partial charge is 0.189 e. The van der Waals surface area contributed by atoms with Crippen LogP contribution in [0.2, 0.25) is 0 Å². The first-order chi connectivity index (χ1) is 15.8. The zero-order valence-corrected chi connectivity index (χ0v) is 20.8. The quantitative estimate of drug-likeness (QED) is 0.331. The Kier molecular flexibility index (Phi) is 7.39. The molecule has 2 aromatic heterocycles. The first-order valence-electron chi connectivity index (χ1n) is 11.0. The Hall–Kier alpha value is -3.38. The second-order valence-corrected chi connectivity index (χ2v) is 11.3. The maximum Gasteiger partial charge on any atom is 0.189 e. The van der Waals surface area contributed by atoms with Crippen molar-refractivity contribution >= 4 is 26.8 Å². The van der Waals surface area contributed by atoms with Crippen LogP contribution >= 0.6 is 9.21 Å². The van der Waals surface area contributed by atoms with Crippen molar-refractivity contribution in [2.75, 3.05) is 5.73 Å². The summed E-state index contributed by atoms with van der Waals surface area (Å²) in [5.41, 5.74) is 11.1. The van der Waals surface area contributed by atoms with Crippen LogP contribution in [0.15, 0.2) is 70.2 Å². The SMILES string of the molecule is C=S(=C)(c1ccc(-c2cnc(N)c(-c3cc(-c4ccc(C)cc4)no3)n2)cc1)C(C)C.CC. The minimum absolute atomic E-state index is 0.297. The summed E-state index contributed by atoms with van der Waals surface area (Å²) < 4.78 is 5.55. The molecule has 2 heterocycles. The summed E-state index contributed by atoms with van der Waals surface area (Å²) in [4.78, 5) is 10.2. The Balaban J connectivity index is 0.00000149. The van der Waals surface area contributed by atoms with Gasteiger partial charge in [0.15, 0.2) is 17.3 Å². The van der Waals surface area contributed by atoms with Gasteiger partial charge in [-0.1, -0.05) is 86.6 Å². The fourth-order valence-electron chi connectivity index (χ4n) is 3.13. The maximum absolute atomic E-state index is 6.11. The molecule has 4 aromatic rings. The van der Waals surface area contributed by atoms with Crippen molar-refractivity contribution in [3.8, 4) is 34.0 Å². The molecule has 0 bridgehead atoms. The van der Waals surface area contributed by atoms with E-state index in [1.165, 1.54) is 5.56 Å². The van der Waals surface area contributed by atoms with Gasteiger partial charge in [-0.15, -0.1) is 0 Å².